The summed E-state index contributed by atoms with van der Waals surface area (Å²) >= 11 is 0. The lowest BCUT2D eigenvalue weighted by Crippen LogP contribution is -2.37. The molecule has 2 aromatic carbocycles. The van der Waals surface area contributed by atoms with Crippen LogP contribution < -0.4 is 11.2 Å². The minimum absolute atomic E-state index is 0.151. The Bertz CT molecular complexity index is 1180. The van der Waals surface area contributed by atoms with Crippen LogP contribution in [-0.4, -0.2) is 36.4 Å². The van der Waals surface area contributed by atoms with Crippen LogP contribution in [-0.2, 0) is 10.0 Å². The molecule has 0 fully saturated rings. The van der Waals surface area contributed by atoms with Gasteiger partial charge in [0.2, 0.25) is 10.0 Å². The van der Waals surface area contributed by atoms with Gasteiger partial charge in [0.1, 0.15) is 0 Å². The number of H-pyrrole nitrogens is 1. The first kappa shape index (κ1) is 18.1. The molecule has 0 amide bonds. The first-order valence-electron chi connectivity index (χ1n) is 7.99. The van der Waals surface area contributed by atoms with E-state index in [0.29, 0.717) is 16.5 Å². The van der Waals surface area contributed by atoms with Crippen LogP contribution in [0.15, 0.2) is 63.0 Å². The molecule has 1 unspecified atom stereocenters. The van der Waals surface area contributed by atoms with Gasteiger partial charge < -0.3 is 4.98 Å². The second-order valence-electron chi connectivity index (χ2n) is 6.18. The van der Waals surface area contributed by atoms with Crippen molar-refractivity contribution in [3.8, 4) is 0 Å². The summed E-state index contributed by atoms with van der Waals surface area (Å²) in [5.41, 5.74) is 0.247. The molecule has 1 N–H and O–H groups in total. The van der Waals surface area contributed by atoms with Crippen molar-refractivity contribution in [2.24, 2.45) is 0 Å². The third kappa shape index (κ3) is 2.97. The largest absolute Gasteiger partial charge is 0.329 e. The summed E-state index contributed by atoms with van der Waals surface area (Å²) in [4.78, 5) is 28.0. The number of fused-ring (bicyclic) bond motifs is 1. The highest BCUT2D eigenvalue weighted by Gasteiger charge is 2.19. The first-order valence-corrected chi connectivity index (χ1v) is 9.43. The highest BCUT2D eigenvalue weighted by Crippen LogP contribution is 2.19. The van der Waals surface area contributed by atoms with Crippen molar-refractivity contribution in [2.45, 2.75) is 17.9 Å². The van der Waals surface area contributed by atoms with Crippen LogP contribution in [0, 0.1) is 0 Å². The molecule has 8 heteroatoms. The van der Waals surface area contributed by atoms with E-state index in [2.05, 4.69) is 4.98 Å². The molecule has 0 saturated heterocycles. The fourth-order valence-electron chi connectivity index (χ4n) is 2.81. The van der Waals surface area contributed by atoms with Crippen molar-refractivity contribution in [3.63, 3.8) is 0 Å². The summed E-state index contributed by atoms with van der Waals surface area (Å²) in [5.74, 6) is 0. The molecular weight excluding hydrogens is 354 g/mol. The Morgan fingerprint density at radius 3 is 2.23 bits per heavy atom. The lowest BCUT2D eigenvalue weighted by atomic mass is 10.1. The molecule has 1 aromatic heterocycles. The summed E-state index contributed by atoms with van der Waals surface area (Å²) in [6.45, 7) is 1.72. The smallest absolute Gasteiger partial charge is 0.307 e. The van der Waals surface area contributed by atoms with E-state index >= 15 is 0 Å². The Morgan fingerprint density at radius 1 is 1.00 bits per heavy atom. The Balaban J connectivity index is 2.08. The minimum Gasteiger partial charge on any atom is -0.307 e. The predicted molar refractivity (Wildman–Crippen MR) is 100.0 cm³/mol. The number of nitrogens with zero attached hydrogens (tertiary/aromatic N) is 2. The fraction of sp³-hybridized carbons (Fsp3) is 0.222. The molecular formula is C18H19N3O4S. The van der Waals surface area contributed by atoms with E-state index in [1.54, 1.807) is 43.3 Å². The number of benzene rings is 2. The van der Waals surface area contributed by atoms with Gasteiger partial charge in [-0.3, -0.25) is 9.36 Å². The van der Waals surface area contributed by atoms with Gasteiger partial charge in [0.05, 0.1) is 21.8 Å². The Kier molecular flexibility index (Phi) is 4.55. The lowest BCUT2D eigenvalue weighted by molar-refractivity contribution is 0.520. The zero-order valence-electron chi connectivity index (χ0n) is 14.6. The van der Waals surface area contributed by atoms with Crippen molar-refractivity contribution in [2.75, 3.05) is 14.1 Å². The van der Waals surface area contributed by atoms with Gasteiger partial charge in [-0.15, -0.1) is 0 Å². The topological polar surface area (TPSA) is 92.2 Å². The number of hydrogen-bond acceptors (Lipinski definition) is 4. The summed E-state index contributed by atoms with van der Waals surface area (Å²) in [5, 5.41) is 0.422. The van der Waals surface area contributed by atoms with Crippen LogP contribution in [0.5, 0.6) is 0 Å². The number of sulfonamides is 1. The first-order chi connectivity index (χ1) is 12.2. The summed E-state index contributed by atoms with van der Waals surface area (Å²) < 4.78 is 26.6. The van der Waals surface area contributed by atoms with Crippen LogP contribution in [0.25, 0.3) is 10.9 Å². The maximum atomic E-state index is 12.7. The monoisotopic (exact) mass is 373 g/mol. The second-order valence-corrected chi connectivity index (χ2v) is 8.34. The van der Waals surface area contributed by atoms with E-state index in [0.717, 1.165) is 8.87 Å². The number of nitrogens with one attached hydrogen (secondary N) is 1. The molecule has 0 saturated carbocycles. The average Bonchev–Trinajstić information content (AvgIpc) is 2.61. The van der Waals surface area contributed by atoms with Gasteiger partial charge in [-0.2, -0.15) is 0 Å². The van der Waals surface area contributed by atoms with E-state index in [-0.39, 0.29) is 10.5 Å². The quantitative estimate of drug-likeness (QED) is 0.751. The summed E-state index contributed by atoms with van der Waals surface area (Å²) in [7, 11) is -0.615. The summed E-state index contributed by atoms with van der Waals surface area (Å²) in [6.07, 6.45) is 0. The van der Waals surface area contributed by atoms with Crippen molar-refractivity contribution >= 4 is 20.9 Å². The third-order valence-corrected chi connectivity index (χ3v) is 6.19. The fourth-order valence-corrected chi connectivity index (χ4v) is 3.71. The van der Waals surface area contributed by atoms with Crippen LogP contribution in [0.3, 0.4) is 0 Å². The highest BCUT2D eigenvalue weighted by molar-refractivity contribution is 7.89. The minimum atomic E-state index is -3.53. The van der Waals surface area contributed by atoms with Gasteiger partial charge in [0, 0.05) is 14.1 Å². The Labute approximate surface area is 150 Å². The molecule has 0 bridgehead atoms. The molecule has 0 spiro atoms. The van der Waals surface area contributed by atoms with Gasteiger partial charge in [-0.25, -0.2) is 17.5 Å². The van der Waals surface area contributed by atoms with Crippen LogP contribution in [0.1, 0.15) is 18.5 Å². The molecule has 1 heterocycles. The number of aromatic amines is 1. The van der Waals surface area contributed by atoms with Crippen LogP contribution >= 0.6 is 0 Å². The number of hydrogen-bond donors (Lipinski definition) is 1. The number of rotatable bonds is 4. The molecule has 0 aliphatic carbocycles. The molecule has 136 valence electrons. The molecule has 3 rings (SSSR count). The van der Waals surface area contributed by atoms with Gasteiger partial charge >= 0.3 is 5.69 Å². The van der Waals surface area contributed by atoms with Gasteiger partial charge in [0.15, 0.2) is 0 Å². The maximum absolute atomic E-state index is 12.7. The number of para-hydroxylation sites is 1. The van der Waals surface area contributed by atoms with Gasteiger partial charge in [0.25, 0.3) is 5.56 Å². The zero-order valence-corrected chi connectivity index (χ0v) is 15.4. The predicted octanol–water partition coefficient (Wildman–Crippen LogP) is 1.55. The van der Waals surface area contributed by atoms with E-state index in [1.807, 2.05) is 0 Å². The normalized spacial score (nSPS) is 13.2. The average molecular weight is 373 g/mol. The van der Waals surface area contributed by atoms with Crippen molar-refractivity contribution in [3.05, 3.63) is 74.9 Å². The van der Waals surface area contributed by atoms with E-state index in [1.165, 1.54) is 26.2 Å². The molecule has 7 nitrogen and oxygen atoms in total. The Morgan fingerprint density at radius 2 is 1.62 bits per heavy atom. The second kappa shape index (κ2) is 6.54. The van der Waals surface area contributed by atoms with Crippen LogP contribution in [0.2, 0.25) is 0 Å². The Hall–Kier alpha value is -2.71. The SMILES string of the molecule is CC(c1ccc(S(=O)(=O)N(C)C)cc1)n1c(=O)[nH]c2ccccc2c1=O. The molecule has 3 aromatic rings. The number of aromatic nitrogens is 2. The van der Waals surface area contributed by atoms with Gasteiger partial charge in [-0.1, -0.05) is 24.3 Å². The van der Waals surface area contributed by atoms with E-state index in [4.69, 9.17) is 0 Å². The molecule has 1 atom stereocenters. The zero-order chi connectivity index (χ0) is 19.1. The summed E-state index contributed by atoms with van der Waals surface area (Å²) in [6, 6.07) is 12.4. The molecule has 0 radical (unpaired) electrons. The maximum Gasteiger partial charge on any atom is 0.329 e. The van der Waals surface area contributed by atoms with Crippen LogP contribution in [0.4, 0.5) is 0 Å². The third-order valence-electron chi connectivity index (χ3n) is 4.37. The van der Waals surface area contributed by atoms with Crippen molar-refractivity contribution in [1.82, 2.24) is 13.9 Å². The van der Waals surface area contributed by atoms with E-state index in [9.17, 15) is 18.0 Å². The highest BCUT2D eigenvalue weighted by atomic mass is 32.2. The molecule has 26 heavy (non-hydrogen) atoms. The lowest BCUT2D eigenvalue weighted by Gasteiger charge is -2.16. The van der Waals surface area contributed by atoms with E-state index < -0.39 is 21.8 Å². The molecule has 0 aliphatic heterocycles. The molecule has 0 aliphatic rings. The van der Waals surface area contributed by atoms with Crippen molar-refractivity contribution < 1.29 is 8.42 Å². The standard InChI is InChI=1S/C18H19N3O4S/c1-12(13-8-10-14(11-9-13)26(24,25)20(2)3)21-17(22)15-6-4-5-7-16(15)19-18(21)23/h4-12H,1-3H3,(H,19,23). The van der Waals surface area contributed by atoms with Gasteiger partial charge in [-0.05, 0) is 36.8 Å². The van der Waals surface area contributed by atoms with Crippen molar-refractivity contribution in [1.29, 1.82) is 0 Å².